The number of carbonyl (C=O) groups is 1. The van der Waals surface area contributed by atoms with Crippen molar-refractivity contribution >= 4 is 16.7 Å². The average Bonchev–Trinajstić information content (AvgIpc) is 2.79. The molecule has 1 fully saturated rings. The summed E-state index contributed by atoms with van der Waals surface area (Å²) in [5, 5.41) is 4.37. The molecular formula is C24H26N2O4. The largest absolute Gasteiger partial charge is 0.494 e. The van der Waals surface area contributed by atoms with E-state index in [1.54, 1.807) is 12.1 Å². The summed E-state index contributed by atoms with van der Waals surface area (Å²) in [4.78, 5) is 27.9. The van der Waals surface area contributed by atoms with Gasteiger partial charge in [0.1, 0.15) is 11.4 Å². The van der Waals surface area contributed by atoms with Gasteiger partial charge in [0.25, 0.3) is 11.5 Å². The Balaban J connectivity index is 1.55. The highest BCUT2D eigenvalue weighted by Crippen LogP contribution is 2.35. The summed E-state index contributed by atoms with van der Waals surface area (Å²) in [5.41, 5.74) is 0.954. The van der Waals surface area contributed by atoms with Crippen molar-refractivity contribution in [3.8, 4) is 5.75 Å². The third-order valence-corrected chi connectivity index (χ3v) is 5.81. The van der Waals surface area contributed by atoms with Crippen LogP contribution < -0.4 is 15.6 Å². The molecule has 1 aromatic heterocycles. The molecule has 0 spiro atoms. The monoisotopic (exact) mass is 406 g/mol. The molecule has 156 valence electrons. The van der Waals surface area contributed by atoms with Crippen LogP contribution in [0, 0.1) is 0 Å². The number of benzene rings is 2. The molecule has 2 heterocycles. The number of hydrogen-bond acceptors (Lipinski definition) is 4. The Bertz CT molecular complexity index is 1080. The number of nitrogens with one attached hydrogen (secondary N) is 2. The SMILES string of the molecule is CCOc1ccc(C2(CNC(=O)c3cc4ccccc4c(=O)[nH]3)CCOCC2)cc1. The first-order chi connectivity index (χ1) is 14.6. The summed E-state index contributed by atoms with van der Waals surface area (Å²) in [6, 6.07) is 17.0. The van der Waals surface area contributed by atoms with Crippen molar-refractivity contribution in [1.82, 2.24) is 10.3 Å². The van der Waals surface area contributed by atoms with Crippen molar-refractivity contribution in [2.45, 2.75) is 25.2 Å². The van der Waals surface area contributed by atoms with Crippen LogP contribution in [-0.4, -0.2) is 37.3 Å². The van der Waals surface area contributed by atoms with Crippen molar-refractivity contribution in [2.24, 2.45) is 0 Å². The molecule has 0 unspecified atom stereocenters. The number of carbonyl (C=O) groups excluding carboxylic acids is 1. The normalized spacial score (nSPS) is 15.6. The fourth-order valence-corrected chi connectivity index (χ4v) is 4.08. The Hall–Kier alpha value is -3.12. The molecule has 1 aliphatic rings. The van der Waals surface area contributed by atoms with Gasteiger partial charge in [-0.1, -0.05) is 30.3 Å². The van der Waals surface area contributed by atoms with E-state index in [2.05, 4.69) is 22.4 Å². The van der Waals surface area contributed by atoms with Gasteiger partial charge < -0.3 is 19.8 Å². The number of rotatable bonds is 6. The molecule has 30 heavy (non-hydrogen) atoms. The topological polar surface area (TPSA) is 80.4 Å². The number of amides is 1. The van der Waals surface area contributed by atoms with E-state index in [-0.39, 0.29) is 22.6 Å². The van der Waals surface area contributed by atoms with Crippen LogP contribution in [0.1, 0.15) is 35.8 Å². The first kappa shape index (κ1) is 20.2. The van der Waals surface area contributed by atoms with Crippen molar-refractivity contribution in [1.29, 1.82) is 0 Å². The summed E-state index contributed by atoms with van der Waals surface area (Å²) in [6.07, 6.45) is 1.63. The number of ether oxygens (including phenoxy) is 2. The zero-order chi connectivity index (χ0) is 21.0. The number of aromatic nitrogens is 1. The standard InChI is InChI=1S/C24H26N2O4/c1-2-30-19-9-7-18(8-10-19)24(11-13-29-14-12-24)16-25-23(28)21-15-17-5-3-4-6-20(17)22(27)26-21/h3-10,15H,2,11-14,16H2,1H3,(H,25,28)(H,26,27). The van der Waals surface area contributed by atoms with Crippen LogP contribution in [0.4, 0.5) is 0 Å². The van der Waals surface area contributed by atoms with E-state index in [9.17, 15) is 9.59 Å². The summed E-state index contributed by atoms with van der Waals surface area (Å²) in [7, 11) is 0. The average molecular weight is 406 g/mol. The zero-order valence-corrected chi connectivity index (χ0v) is 17.1. The quantitative estimate of drug-likeness (QED) is 0.657. The molecule has 6 nitrogen and oxygen atoms in total. The lowest BCUT2D eigenvalue weighted by molar-refractivity contribution is 0.0486. The van der Waals surface area contributed by atoms with Gasteiger partial charge in [0, 0.05) is 30.6 Å². The van der Waals surface area contributed by atoms with Gasteiger partial charge in [0.2, 0.25) is 0 Å². The highest BCUT2D eigenvalue weighted by atomic mass is 16.5. The van der Waals surface area contributed by atoms with Crippen LogP contribution in [0.15, 0.2) is 59.4 Å². The molecule has 1 amide bonds. The Morgan fingerprint density at radius 3 is 2.60 bits per heavy atom. The minimum Gasteiger partial charge on any atom is -0.494 e. The van der Waals surface area contributed by atoms with E-state index in [1.807, 2.05) is 37.3 Å². The summed E-state index contributed by atoms with van der Waals surface area (Å²) < 4.78 is 11.1. The Labute approximate surface area is 175 Å². The van der Waals surface area contributed by atoms with Gasteiger partial charge in [0.15, 0.2) is 0 Å². The third-order valence-electron chi connectivity index (χ3n) is 5.81. The van der Waals surface area contributed by atoms with Gasteiger partial charge in [-0.15, -0.1) is 0 Å². The Morgan fingerprint density at radius 1 is 1.13 bits per heavy atom. The second kappa shape index (κ2) is 8.71. The van der Waals surface area contributed by atoms with Crippen LogP contribution >= 0.6 is 0 Å². The van der Waals surface area contributed by atoms with Crippen LogP contribution in [-0.2, 0) is 10.2 Å². The summed E-state index contributed by atoms with van der Waals surface area (Å²) in [5.74, 6) is 0.552. The van der Waals surface area contributed by atoms with Gasteiger partial charge in [-0.25, -0.2) is 0 Å². The molecule has 0 bridgehead atoms. The number of aromatic amines is 1. The highest BCUT2D eigenvalue weighted by molar-refractivity contribution is 5.96. The van der Waals surface area contributed by atoms with Crippen LogP contribution in [0.25, 0.3) is 10.8 Å². The number of fused-ring (bicyclic) bond motifs is 1. The predicted molar refractivity (Wildman–Crippen MR) is 116 cm³/mol. The van der Waals surface area contributed by atoms with E-state index >= 15 is 0 Å². The molecule has 6 heteroatoms. The molecule has 1 saturated heterocycles. The van der Waals surface area contributed by atoms with E-state index in [0.29, 0.717) is 31.8 Å². The highest BCUT2D eigenvalue weighted by Gasteiger charge is 2.35. The maximum absolute atomic E-state index is 12.9. The molecule has 3 aromatic rings. The molecule has 0 radical (unpaired) electrons. The van der Waals surface area contributed by atoms with Crippen molar-refractivity contribution < 1.29 is 14.3 Å². The van der Waals surface area contributed by atoms with Crippen LogP contribution in [0.3, 0.4) is 0 Å². The summed E-state index contributed by atoms with van der Waals surface area (Å²) in [6.45, 7) is 4.35. The van der Waals surface area contributed by atoms with Crippen LogP contribution in [0.5, 0.6) is 5.75 Å². The molecule has 0 saturated carbocycles. The van der Waals surface area contributed by atoms with Gasteiger partial charge in [-0.3, -0.25) is 9.59 Å². The minimum atomic E-state index is -0.283. The van der Waals surface area contributed by atoms with Gasteiger partial charge in [0.05, 0.1) is 6.61 Å². The van der Waals surface area contributed by atoms with Gasteiger partial charge >= 0.3 is 0 Å². The zero-order valence-electron chi connectivity index (χ0n) is 17.1. The van der Waals surface area contributed by atoms with Gasteiger partial charge in [-0.2, -0.15) is 0 Å². The van der Waals surface area contributed by atoms with Gasteiger partial charge in [-0.05, 0) is 55.0 Å². The lowest BCUT2D eigenvalue weighted by atomic mass is 9.74. The van der Waals surface area contributed by atoms with E-state index < -0.39 is 0 Å². The maximum atomic E-state index is 12.9. The van der Waals surface area contributed by atoms with Crippen molar-refractivity contribution in [3.63, 3.8) is 0 Å². The molecule has 0 atom stereocenters. The molecule has 0 aliphatic carbocycles. The van der Waals surface area contributed by atoms with Crippen molar-refractivity contribution in [3.05, 3.63) is 76.2 Å². The van der Waals surface area contributed by atoms with Crippen molar-refractivity contribution in [2.75, 3.05) is 26.4 Å². The number of H-pyrrole nitrogens is 1. The fraction of sp³-hybridized carbons (Fsp3) is 0.333. The molecular weight excluding hydrogens is 380 g/mol. The van der Waals surface area contributed by atoms with Crippen LogP contribution in [0.2, 0.25) is 0 Å². The van der Waals surface area contributed by atoms with E-state index in [1.165, 1.54) is 0 Å². The predicted octanol–water partition coefficient (Wildman–Crippen LogP) is 3.41. The molecule has 4 rings (SSSR count). The Morgan fingerprint density at radius 2 is 1.87 bits per heavy atom. The first-order valence-corrected chi connectivity index (χ1v) is 10.3. The molecule has 2 N–H and O–H groups in total. The first-order valence-electron chi connectivity index (χ1n) is 10.3. The number of hydrogen-bond donors (Lipinski definition) is 2. The molecule has 1 aliphatic heterocycles. The van der Waals surface area contributed by atoms with E-state index in [4.69, 9.17) is 9.47 Å². The third kappa shape index (κ3) is 4.09. The smallest absolute Gasteiger partial charge is 0.267 e. The minimum absolute atomic E-state index is 0.213. The fourth-order valence-electron chi connectivity index (χ4n) is 4.08. The lowest BCUT2D eigenvalue weighted by Gasteiger charge is -2.38. The molecule has 2 aromatic carbocycles. The summed E-state index contributed by atoms with van der Waals surface area (Å²) >= 11 is 0. The second-order valence-corrected chi connectivity index (χ2v) is 7.63. The number of pyridine rings is 1. The van der Waals surface area contributed by atoms with E-state index in [0.717, 1.165) is 29.5 Å². The maximum Gasteiger partial charge on any atom is 0.267 e. The Kier molecular flexibility index (Phi) is 5.86. The second-order valence-electron chi connectivity index (χ2n) is 7.63. The lowest BCUT2D eigenvalue weighted by Crippen LogP contribution is -2.45.